The van der Waals surface area contributed by atoms with Gasteiger partial charge in [-0.15, -0.1) is 0 Å². The van der Waals surface area contributed by atoms with Crippen LogP contribution in [-0.4, -0.2) is 17.1 Å². The number of ether oxygens (including phenoxy) is 1. The van der Waals surface area contributed by atoms with E-state index in [1.54, 1.807) is 19.5 Å². The Kier molecular flexibility index (Phi) is 3.33. The Balaban J connectivity index is 1.94. The summed E-state index contributed by atoms with van der Waals surface area (Å²) >= 11 is 0. The zero-order chi connectivity index (χ0) is 11.2. The lowest BCUT2D eigenvalue weighted by atomic mass is 10.2. The molecule has 4 heteroatoms. The van der Waals surface area contributed by atoms with Gasteiger partial charge in [-0.3, -0.25) is 0 Å². The minimum atomic E-state index is 0.380. The van der Waals surface area contributed by atoms with Gasteiger partial charge in [-0.2, -0.15) is 0 Å². The number of rotatable bonds is 4. The van der Waals surface area contributed by atoms with Crippen LogP contribution >= 0.6 is 0 Å². The van der Waals surface area contributed by atoms with Crippen molar-refractivity contribution >= 4 is 5.69 Å². The molecule has 0 aliphatic heterocycles. The van der Waals surface area contributed by atoms with Gasteiger partial charge in [-0.05, 0) is 5.56 Å². The first-order valence-corrected chi connectivity index (χ1v) is 5.02. The van der Waals surface area contributed by atoms with E-state index in [0.29, 0.717) is 6.01 Å². The van der Waals surface area contributed by atoms with Crippen LogP contribution in [0.15, 0.2) is 42.7 Å². The largest absolute Gasteiger partial charge is 0.467 e. The zero-order valence-corrected chi connectivity index (χ0v) is 9.05. The van der Waals surface area contributed by atoms with Gasteiger partial charge in [0.05, 0.1) is 25.2 Å². The summed E-state index contributed by atoms with van der Waals surface area (Å²) in [6, 6.07) is 10.5. The SMILES string of the molecule is COc1ncc(NCc2ccccc2)cn1. The van der Waals surface area contributed by atoms with E-state index in [9.17, 15) is 0 Å². The van der Waals surface area contributed by atoms with E-state index in [4.69, 9.17) is 4.74 Å². The van der Waals surface area contributed by atoms with Crippen molar-refractivity contribution in [1.29, 1.82) is 0 Å². The predicted octanol–water partition coefficient (Wildman–Crippen LogP) is 2.10. The molecule has 1 aromatic heterocycles. The van der Waals surface area contributed by atoms with E-state index in [1.807, 2.05) is 18.2 Å². The third-order valence-corrected chi connectivity index (χ3v) is 2.15. The van der Waals surface area contributed by atoms with Crippen LogP contribution in [0.25, 0.3) is 0 Å². The number of nitrogens with one attached hydrogen (secondary N) is 1. The van der Waals surface area contributed by atoms with Gasteiger partial charge >= 0.3 is 6.01 Å². The molecule has 0 aliphatic carbocycles. The Morgan fingerprint density at radius 1 is 1.12 bits per heavy atom. The van der Waals surface area contributed by atoms with Crippen LogP contribution in [-0.2, 0) is 6.54 Å². The number of hydrogen-bond donors (Lipinski definition) is 1. The molecule has 1 N–H and O–H groups in total. The van der Waals surface area contributed by atoms with Crippen molar-refractivity contribution in [2.75, 3.05) is 12.4 Å². The molecule has 0 spiro atoms. The van der Waals surface area contributed by atoms with Crippen molar-refractivity contribution < 1.29 is 4.74 Å². The number of methoxy groups -OCH3 is 1. The van der Waals surface area contributed by atoms with Gasteiger partial charge in [-0.25, -0.2) is 9.97 Å². The van der Waals surface area contributed by atoms with Crippen molar-refractivity contribution in [2.45, 2.75) is 6.54 Å². The van der Waals surface area contributed by atoms with E-state index in [2.05, 4.69) is 27.4 Å². The average Bonchev–Trinajstić information content (AvgIpc) is 2.38. The summed E-state index contributed by atoms with van der Waals surface area (Å²) in [7, 11) is 1.55. The Hall–Kier alpha value is -2.10. The molecule has 0 bridgehead atoms. The van der Waals surface area contributed by atoms with Crippen molar-refractivity contribution in [3.8, 4) is 6.01 Å². The lowest BCUT2D eigenvalue weighted by molar-refractivity contribution is 0.380. The highest BCUT2D eigenvalue weighted by Crippen LogP contribution is 2.08. The van der Waals surface area contributed by atoms with E-state index >= 15 is 0 Å². The zero-order valence-electron chi connectivity index (χ0n) is 9.05. The standard InChI is InChI=1S/C12H13N3O/c1-16-12-14-8-11(9-15-12)13-7-10-5-3-2-4-6-10/h2-6,8-9,13H,7H2,1H3. The van der Waals surface area contributed by atoms with Gasteiger partial charge in [0.25, 0.3) is 0 Å². The second kappa shape index (κ2) is 5.11. The summed E-state index contributed by atoms with van der Waals surface area (Å²) in [5.74, 6) is 0. The maximum atomic E-state index is 4.88. The topological polar surface area (TPSA) is 47.0 Å². The normalized spacial score (nSPS) is 9.81. The van der Waals surface area contributed by atoms with Gasteiger partial charge in [0, 0.05) is 6.54 Å². The highest BCUT2D eigenvalue weighted by atomic mass is 16.5. The molecule has 16 heavy (non-hydrogen) atoms. The van der Waals surface area contributed by atoms with Gasteiger partial charge in [0.2, 0.25) is 0 Å². The fourth-order valence-corrected chi connectivity index (χ4v) is 1.31. The lowest BCUT2D eigenvalue weighted by Gasteiger charge is -2.05. The number of benzene rings is 1. The Bertz CT molecular complexity index is 428. The van der Waals surface area contributed by atoms with Gasteiger partial charge < -0.3 is 10.1 Å². The number of aromatic nitrogens is 2. The number of hydrogen-bond acceptors (Lipinski definition) is 4. The molecule has 1 aromatic carbocycles. The van der Waals surface area contributed by atoms with Gasteiger partial charge in [-0.1, -0.05) is 30.3 Å². The summed E-state index contributed by atoms with van der Waals surface area (Å²) < 4.78 is 4.88. The van der Waals surface area contributed by atoms with Gasteiger partial charge in [0.1, 0.15) is 0 Å². The molecule has 0 radical (unpaired) electrons. The molecule has 0 fully saturated rings. The smallest absolute Gasteiger partial charge is 0.316 e. The fraction of sp³-hybridized carbons (Fsp3) is 0.167. The second-order valence-electron chi connectivity index (χ2n) is 3.30. The van der Waals surface area contributed by atoms with Crippen LogP contribution in [0.1, 0.15) is 5.56 Å². The van der Waals surface area contributed by atoms with Crippen molar-refractivity contribution in [2.24, 2.45) is 0 Å². The first kappa shape index (κ1) is 10.4. The average molecular weight is 215 g/mol. The first-order chi connectivity index (χ1) is 7.88. The molecule has 0 aliphatic rings. The Labute approximate surface area is 94.3 Å². The minimum absolute atomic E-state index is 0.380. The Morgan fingerprint density at radius 2 is 1.81 bits per heavy atom. The summed E-state index contributed by atoms with van der Waals surface area (Å²) in [5, 5.41) is 3.23. The van der Waals surface area contributed by atoms with Crippen LogP contribution in [0, 0.1) is 0 Å². The summed E-state index contributed by atoms with van der Waals surface area (Å²) in [5.41, 5.74) is 2.10. The maximum absolute atomic E-state index is 4.88. The van der Waals surface area contributed by atoms with Crippen LogP contribution in [0.5, 0.6) is 6.01 Å². The number of nitrogens with zero attached hydrogens (tertiary/aromatic N) is 2. The lowest BCUT2D eigenvalue weighted by Crippen LogP contribution is -2.00. The predicted molar refractivity (Wildman–Crippen MR) is 62.4 cm³/mol. The molecule has 0 unspecified atom stereocenters. The molecule has 1 heterocycles. The van der Waals surface area contributed by atoms with Gasteiger partial charge in [0.15, 0.2) is 0 Å². The fourth-order valence-electron chi connectivity index (χ4n) is 1.31. The Morgan fingerprint density at radius 3 is 2.44 bits per heavy atom. The quantitative estimate of drug-likeness (QED) is 0.848. The maximum Gasteiger partial charge on any atom is 0.316 e. The van der Waals surface area contributed by atoms with Crippen molar-refractivity contribution in [3.05, 3.63) is 48.3 Å². The monoisotopic (exact) mass is 215 g/mol. The molecule has 0 amide bonds. The summed E-state index contributed by atoms with van der Waals surface area (Å²) in [6.45, 7) is 0.760. The van der Waals surface area contributed by atoms with Crippen molar-refractivity contribution in [1.82, 2.24) is 9.97 Å². The van der Waals surface area contributed by atoms with Crippen LogP contribution in [0.4, 0.5) is 5.69 Å². The molecule has 82 valence electrons. The third kappa shape index (κ3) is 2.70. The summed E-state index contributed by atoms with van der Waals surface area (Å²) in [6.07, 6.45) is 3.41. The van der Waals surface area contributed by atoms with Crippen LogP contribution < -0.4 is 10.1 Å². The molecule has 2 rings (SSSR count). The molecule has 0 saturated carbocycles. The highest BCUT2D eigenvalue weighted by molar-refractivity contribution is 5.39. The minimum Gasteiger partial charge on any atom is -0.467 e. The van der Waals surface area contributed by atoms with Crippen molar-refractivity contribution in [3.63, 3.8) is 0 Å². The second-order valence-corrected chi connectivity index (χ2v) is 3.30. The first-order valence-electron chi connectivity index (χ1n) is 5.02. The van der Waals surface area contributed by atoms with E-state index in [1.165, 1.54) is 5.56 Å². The molecule has 0 atom stereocenters. The van der Waals surface area contributed by atoms with E-state index in [-0.39, 0.29) is 0 Å². The highest BCUT2D eigenvalue weighted by Gasteiger charge is 1.96. The van der Waals surface area contributed by atoms with E-state index < -0.39 is 0 Å². The molecule has 2 aromatic rings. The molecular weight excluding hydrogens is 202 g/mol. The van der Waals surface area contributed by atoms with Crippen LogP contribution in [0.2, 0.25) is 0 Å². The third-order valence-electron chi connectivity index (χ3n) is 2.15. The molecule has 0 saturated heterocycles. The van der Waals surface area contributed by atoms with Crippen LogP contribution in [0.3, 0.4) is 0 Å². The van der Waals surface area contributed by atoms with E-state index in [0.717, 1.165) is 12.2 Å². The number of anilines is 1. The summed E-state index contributed by atoms with van der Waals surface area (Å²) in [4.78, 5) is 8.03. The molecule has 4 nitrogen and oxygen atoms in total. The molecular formula is C12H13N3O.